The van der Waals surface area contributed by atoms with Crippen LogP contribution in [0.1, 0.15) is 17.5 Å². The zero-order valence-electron chi connectivity index (χ0n) is 11.1. The lowest BCUT2D eigenvalue weighted by Gasteiger charge is -2.01. The van der Waals surface area contributed by atoms with E-state index in [1.54, 1.807) is 23.1 Å². The summed E-state index contributed by atoms with van der Waals surface area (Å²) in [5, 5.41) is 8.63. The number of nitrogens with zero attached hydrogens (tertiary/aromatic N) is 3. The SMILES string of the molecule is CCNCc1cnc(-c2c(C)nn(C)c2OC)s1. The number of hydrogen-bond acceptors (Lipinski definition) is 5. The third-order valence-corrected chi connectivity index (χ3v) is 3.69. The van der Waals surface area contributed by atoms with Gasteiger partial charge < -0.3 is 10.1 Å². The molecule has 2 aromatic rings. The molecule has 98 valence electrons. The van der Waals surface area contributed by atoms with Gasteiger partial charge in [-0.05, 0) is 13.5 Å². The first kappa shape index (κ1) is 13.0. The highest BCUT2D eigenvalue weighted by Crippen LogP contribution is 2.35. The van der Waals surface area contributed by atoms with Crippen molar-refractivity contribution in [3.8, 4) is 16.5 Å². The Bertz CT molecular complexity index is 532. The fourth-order valence-electron chi connectivity index (χ4n) is 1.87. The Morgan fingerprint density at radius 2 is 2.28 bits per heavy atom. The van der Waals surface area contributed by atoms with Crippen molar-refractivity contribution in [3.63, 3.8) is 0 Å². The van der Waals surface area contributed by atoms with E-state index in [0.29, 0.717) is 0 Å². The van der Waals surface area contributed by atoms with Gasteiger partial charge in [-0.15, -0.1) is 11.3 Å². The van der Waals surface area contributed by atoms with Crippen LogP contribution in [0.15, 0.2) is 6.20 Å². The van der Waals surface area contributed by atoms with Crippen LogP contribution < -0.4 is 10.1 Å². The van der Waals surface area contributed by atoms with Crippen LogP contribution >= 0.6 is 11.3 Å². The van der Waals surface area contributed by atoms with Gasteiger partial charge in [0.05, 0.1) is 18.4 Å². The maximum absolute atomic E-state index is 5.39. The topological polar surface area (TPSA) is 52.0 Å². The van der Waals surface area contributed by atoms with Gasteiger partial charge in [0.2, 0.25) is 5.88 Å². The van der Waals surface area contributed by atoms with Gasteiger partial charge in [0.1, 0.15) is 5.01 Å². The highest BCUT2D eigenvalue weighted by atomic mass is 32.1. The minimum absolute atomic E-state index is 0.761. The van der Waals surface area contributed by atoms with Gasteiger partial charge in [0.15, 0.2) is 0 Å². The Morgan fingerprint density at radius 1 is 1.50 bits per heavy atom. The Kier molecular flexibility index (Phi) is 3.98. The van der Waals surface area contributed by atoms with Crippen molar-refractivity contribution in [1.82, 2.24) is 20.1 Å². The lowest BCUT2D eigenvalue weighted by atomic mass is 10.2. The second-order valence-corrected chi connectivity index (χ2v) is 5.12. The molecule has 0 aliphatic rings. The maximum Gasteiger partial charge on any atom is 0.222 e. The first-order valence-corrected chi connectivity index (χ1v) is 6.72. The van der Waals surface area contributed by atoms with Crippen molar-refractivity contribution in [3.05, 3.63) is 16.8 Å². The molecule has 5 nitrogen and oxygen atoms in total. The summed E-state index contributed by atoms with van der Waals surface area (Å²) in [6.45, 7) is 5.89. The zero-order chi connectivity index (χ0) is 13.1. The molecule has 0 saturated carbocycles. The fraction of sp³-hybridized carbons (Fsp3) is 0.500. The number of methoxy groups -OCH3 is 1. The second kappa shape index (κ2) is 5.49. The third-order valence-electron chi connectivity index (χ3n) is 2.68. The molecule has 0 fully saturated rings. The van der Waals surface area contributed by atoms with Crippen molar-refractivity contribution in [1.29, 1.82) is 0 Å². The van der Waals surface area contributed by atoms with Crippen molar-refractivity contribution in [2.45, 2.75) is 20.4 Å². The van der Waals surface area contributed by atoms with Gasteiger partial charge >= 0.3 is 0 Å². The molecule has 0 amide bonds. The van der Waals surface area contributed by atoms with Crippen LogP contribution in [0.4, 0.5) is 0 Å². The smallest absolute Gasteiger partial charge is 0.222 e. The van der Waals surface area contributed by atoms with Crippen LogP contribution in [0.25, 0.3) is 10.6 Å². The molecular formula is C12H18N4OS. The Morgan fingerprint density at radius 3 is 2.94 bits per heavy atom. The number of thiazole rings is 1. The van der Waals surface area contributed by atoms with E-state index in [-0.39, 0.29) is 0 Å². The number of rotatable bonds is 5. The second-order valence-electron chi connectivity index (χ2n) is 4.01. The highest BCUT2D eigenvalue weighted by molar-refractivity contribution is 7.15. The molecule has 0 spiro atoms. The monoisotopic (exact) mass is 266 g/mol. The van der Waals surface area contributed by atoms with Gasteiger partial charge in [-0.1, -0.05) is 6.92 Å². The number of hydrogen-bond donors (Lipinski definition) is 1. The molecular weight excluding hydrogens is 248 g/mol. The van der Waals surface area contributed by atoms with Gasteiger partial charge in [0.25, 0.3) is 0 Å². The van der Waals surface area contributed by atoms with Crippen molar-refractivity contribution < 1.29 is 4.74 Å². The lowest BCUT2D eigenvalue weighted by molar-refractivity contribution is 0.375. The molecule has 0 aliphatic heterocycles. The van der Waals surface area contributed by atoms with E-state index in [4.69, 9.17) is 4.74 Å². The van der Waals surface area contributed by atoms with E-state index in [0.717, 1.165) is 35.2 Å². The van der Waals surface area contributed by atoms with Crippen LogP contribution in [0.3, 0.4) is 0 Å². The third kappa shape index (κ3) is 2.39. The summed E-state index contributed by atoms with van der Waals surface area (Å²) in [6.07, 6.45) is 1.91. The lowest BCUT2D eigenvalue weighted by Crippen LogP contribution is -2.10. The van der Waals surface area contributed by atoms with Gasteiger partial charge in [0, 0.05) is 24.7 Å². The summed E-state index contributed by atoms with van der Waals surface area (Å²) >= 11 is 1.68. The average Bonchev–Trinajstić information content (AvgIpc) is 2.90. The number of aromatic nitrogens is 3. The fourth-order valence-corrected chi connectivity index (χ4v) is 2.84. The Labute approximate surface area is 111 Å². The summed E-state index contributed by atoms with van der Waals surface area (Å²) in [5.41, 5.74) is 1.94. The molecule has 0 saturated heterocycles. The van der Waals surface area contributed by atoms with Crippen LogP contribution in [0, 0.1) is 6.92 Å². The van der Waals surface area contributed by atoms with E-state index < -0.39 is 0 Å². The average molecular weight is 266 g/mol. The van der Waals surface area contributed by atoms with E-state index >= 15 is 0 Å². The van der Waals surface area contributed by atoms with E-state index in [1.807, 2.05) is 20.2 Å². The summed E-state index contributed by atoms with van der Waals surface area (Å²) < 4.78 is 7.14. The molecule has 0 bridgehead atoms. The van der Waals surface area contributed by atoms with Crippen molar-refractivity contribution >= 4 is 11.3 Å². The first-order valence-electron chi connectivity index (χ1n) is 5.90. The van der Waals surface area contributed by atoms with E-state index in [2.05, 4.69) is 22.3 Å². The number of nitrogens with one attached hydrogen (secondary N) is 1. The summed E-state index contributed by atoms with van der Waals surface area (Å²) in [4.78, 5) is 5.69. The van der Waals surface area contributed by atoms with Crippen LogP contribution in [-0.4, -0.2) is 28.4 Å². The van der Waals surface area contributed by atoms with Gasteiger partial charge in [-0.2, -0.15) is 5.10 Å². The minimum Gasteiger partial charge on any atom is -0.481 e. The zero-order valence-corrected chi connectivity index (χ0v) is 12.0. The number of ether oxygens (including phenoxy) is 1. The van der Waals surface area contributed by atoms with Crippen molar-refractivity contribution in [2.24, 2.45) is 7.05 Å². The highest BCUT2D eigenvalue weighted by Gasteiger charge is 2.18. The molecule has 0 aromatic carbocycles. The first-order chi connectivity index (χ1) is 8.67. The van der Waals surface area contributed by atoms with Crippen LogP contribution in [0.2, 0.25) is 0 Å². The molecule has 0 unspecified atom stereocenters. The largest absolute Gasteiger partial charge is 0.481 e. The molecule has 6 heteroatoms. The molecule has 1 N–H and O–H groups in total. The molecule has 0 atom stereocenters. The van der Waals surface area contributed by atoms with Crippen LogP contribution in [0.5, 0.6) is 5.88 Å². The van der Waals surface area contributed by atoms with Gasteiger partial charge in [-0.3, -0.25) is 0 Å². The predicted molar refractivity (Wildman–Crippen MR) is 73.0 cm³/mol. The van der Waals surface area contributed by atoms with Gasteiger partial charge in [-0.25, -0.2) is 9.67 Å². The number of aryl methyl sites for hydroxylation is 2. The predicted octanol–water partition coefficient (Wildman–Crippen LogP) is 1.97. The van der Waals surface area contributed by atoms with Crippen molar-refractivity contribution in [2.75, 3.05) is 13.7 Å². The molecule has 2 heterocycles. The Balaban J connectivity index is 2.33. The molecule has 0 aliphatic carbocycles. The standard InChI is InChI=1S/C12H18N4OS/c1-5-13-6-9-7-14-11(18-9)10-8(2)15-16(3)12(10)17-4/h7,13H,5-6H2,1-4H3. The molecule has 0 radical (unpaired) electrons. The summed E-state index contributed by atoms with van der Waals surface area (Å²) in [7, 11) is 3.54. The Hall–Kier alpha value is -1.40. The van der Waals surface area contributed by atoms with E-state index in [9.17, 15) is 0 Å². The quantitative estimate of drug-likeness (QED) is 0.899. The summed E-state index contributed by atoms with van der Waals surface area (Å²) in [6, 6.07) is 0. The summed E-state index contributed by atoms with van der Waals surface area (Å²) in [5.74, 6) is 0.761. The van der Waals surface area contributed by atoms with Crippen LogP contribution in [-0.2, 0) is 13.6 Å². The minimum atomic E-state index is 0.761. The maximum atomic E-state index is 5.39. The molecule has 2 rings (SSSR count). The normalized spacial score (nSPS) is 10.9. The molecule has 2 aromatic heterocycles. The molecule has 18 heavy (non-hydrogen) atoms. The van der Waals surface area contributed by atoms with E-state index in [1.165, 1.54) is 4.88 Å².